The molecule has 0 unspecified atom stereocenters. The third kappa shape index (κ3) is 3.74. The number of hydrogen-bond acceptors (Lipinski definition) is 4. The molecule has 0 bridgehead atoms. The molecule has 1 aliphatic heterocycles. The van der Waals surface area contributed by atoms with Crippen LogP contribution in [-0.2, 0) is 4.79 Å². The minimum atomic E-state index is 0.000893. The van der Waals surface area contributed by atoms with Crippen LogP contribution >= 0.6 is 0 Å². The molecule has 0 aromatic heterocycles. The molecule has 23 heavy (non-hydrogen) atoms. The van der Waals surface area contributed by atoms with Crippen LogP contribution in [0, 0.1) is 0 Å². The highest BCUT2D eigenvalue weighted by molar-refractivity contribution is 5.78. The first-order valence-electron chi connectivity index (χ1n) is 7.79. The van der Waals surface area contributed by atoms with Crippen molar-refractivity contribution in [2.45, 2.75) is 0 Å². The lowest BCUT2D eigenvalue weighted by atomic mass is 10.2. The Hall–Kier alpha value is -2.69. The summed E-state index contributed by atoms with van der Waals surface area (Å²) in [5, 5.41) is 0. The average molecular weight is 311 g/mol. The minimum absolute atomic E-state index is 0.000893. The third-order valence-electron chi connectivity index (χ3n) is 4.02. The second-order valence-electron chi connectivity index (χ2n) is 5.53. The van der Waals surface area contributed by atoms with Crippen LogP contribution < -0.4 is 15.4 Å². The highest BCUT2D eigenvalue weighted by Gasteiger charge is 2.21. The molecule has 2 aromatic carbocycles. The van der Waals surface area contributed by atoms with Gasteiger partial charge in [-0.05, 0) is 24.3 Å². The van der Waals surface area contributed by atoms with Gasteiger partial charge in [0, 0.05) is 31.9 Å². The number of para-hydroxylation sites is 3. The quantitative estimate of drug-likeness (QED) is 0.877. The van der Waals surface area contributed by atoms with E-state index in [1.165, 1.54) is 5.69 Å². The number of rotatable bonds is 4. The van der Waals surface area contributed by atoms with E-state index >= 15 is 0 Å². The summed E-state index contributed by atoms with van der Waals surface area (Å²) in [5.74, 6) is 0.560. The monoisotopic (exact) mass is 311 g/mol. The molecule has 3 rings (SSSR count). The van der Waals surface area contributed by atoms with Gasteiger partial charge >= 0.3 is 0 Å². The molecule has 1 heterocycles. The Morgan fingerprint density at radius 2 is 1.61 bits per heavy atom. The van der Waals surface area contributed by atoms with Crippen LogP contribution in [0.3, 0.4) is 0 Å². The maximum absolute atomic E-state index is 12.3. The van der Waals surface area contributed by atoms with Gasteiger partial charge in [0.05, 0.1) is 5.69 Å². The predicted octanol–water partition coefficient (Wildman–Crippen LogP) is 2.00. The molecular formula is C18H21N3O2. The Morgan fingerprint density at radius 3 is 2.30 bits per heavy atom. The Balaban J connectivity index is 1.50. The molecule has 1 amide bonds. The van der Waals surface area contributed by atoms with Gasteiger partial charge in [0.2, 0.25) is 0 Å². The number of piperazine rings is 1. The Labute approximate surface area is 136 Å². The number of hydrogen-bond donors (Lipinski definition) is 1. The highest BCUT2D eigenvalue weighted by atomic mass is 16.5. The minimum Gasteiger partial charge on any atom is -0.482 e. The van der Waals surface area contributed by atoms with Crippen molar-refractivity contribution in [1.82, 2.24) is 4.90 Å². The fourth-order valence-corrected chi connectivity index (χ4v) is 2.70. The number of benzene rings is 2. The van der Waals surface area contributed by atoms with Gasteiger partial charge < -0.3 is 20.3 Å². The Kier molecular flexibility index (Phi) is 4.66. The van der Waals surface area contributed by atoms with E-state index in [9.17, 15) is 4.79 Å². The summed E-state index contributed by atoms with van der Waals surface area (Å²) in [4.78, 5) is 16.4. The highest BCUT2D eigenvalue weighted by Crippen LogP contribution is 2.20. The molecule has 5 nitrogen and oxygen atoms in total. The maximum Gasteiger partial charge on any atom is 0.260 e. The fourth-order valence-electron chi connectivity index (χ4n) is 2.70. The van der Waals surface area contributed by atoms with Gasteiger partial charge in [0.1, 0.15) is 5.75 Å². The van der Waals surface area contributed by atoms with Crippen LogP contribution in [-0.4, -0.2) is 43.6 Å². The lowest BCUT2D eigenvalue weighted by Crippen LogP contribution is -2.50. The molecule has 0 atom stereocenters. The molecule has 1 saturated heterocycles. The van der Waals surface area contributed by atoms with Gasteiger partial charge in [-0.25, -0.2) is 0 Å². The lowest BCUT2D eigenvalue weighted by molar-refractivity contribution is -0.133. The maximum atomic E-state index is 12.3. The van der Waals surface area contributed by atoms with E-state index in [0.29, 0.717) is 24.5 Å². The number of nitrogens with two attached hydrogens (primary N) is 1. The third-order valence-corrected chi connectivity index (χ3v) is 4.02. The smallest absolute Gasteiger partial charge is 0.260 e. The van der Waals surface area contributed by atoms with Gasteiger partial charge in [0.15, 0.2) is 6.61 Å². The molecule has 120 valence electrons. The van der Waals surface area contributed by atoms with Crippen molar-refractivity contribution in [2.75, 3.05) is 43.4 Å². The van der Waals surface area contributed by atoms with Crippen LogP contribution in [0.1, 0.15) is 0 Å². The zero-order valence-electron chi connectivity index (χ0n) is 13.0. The topological polar surface area (TPSA) is 58.8 Å². The summed E-state index contributed by atoms with van der Waals surface area (Å²) in [6.45, 7) is 3.12. The summed E-state index contributed by atoms with van der Waals surface area (Å²) in [6.07, 6.45) is 0. The summed E-state index contributed by atoms with van der Waals surface area (Å²) in [6, 6.07) is 17.5. The molecule has 0 aliphatic carbocycles. The molecule has 2 aromatic rings. The van der Waals surface area contributed by atoms with E-state index in [0.717, 1.165) is 13.1 Å². The number of amides is 1. The van der Waals surface area contributed by atoms with Gasteiger partial charge in [-0.1, -0.05) is 30.3 Å². The number of carbonyl (C=O) groups excluding carboxylic acids is 1. The molecule has 0 saturated carbocycles. The van der Waals surface area contributed by atoms with Crippen LogP contribution in [0.15, 0.2) is 54.6 Å². The first kappa shape index (κ1) is 15.2. The van der Waals surface area contributed by atoms with E-state index in [4.69, 9.17) is 10.5 Å². The molecule has 5 heteroatoms. The standard InChI is InChI=1S/C18H21N3O2/c19-16-8-4-5-9-17(16)23-14-18(22)21-12-10-20(11-13-21)15-6-2-1-3-7-15/h1-9H,10-14,19H2. The summed E-state index contributed by atoms with van der Waals surface area (Å²) < 4.78 is 5.53. The van der Waals surface area contributed by atoms with Crippen molar-refractivity contribution in [3.8, 4) is 5.75 Å². The molecular weight excluding hydrogens is 290 g/mol. The molecule has 0 spiro atoms. The van der Waals surface area contributed by atoms with Gasteiger partial charge in [-0.15, -0.1) is 0 Å². The van der Waals surface area contributed by atoms with E-state index in [1.807, 2.05) is 35.2 Å². The van der Waals surface area contributed by atoms with E-state index in [-0.39, 0.29) is 12.5 Å². The lowest BCUT2D eigenvalue weighted by Gasteiger charge is -2.36. The second kappa shape index (κ2) is 7.05. The van der Waals surface area contributed by atoms with Crippen LogP contribution in [0.4, 0.5) is 11.4 Å². The Bertz CT molecular complexity index is 652. The van der Waals surface area contributed by atoms with Gasteiger partial charge in [-0.3, -0.25) is 4.79 Å². The molecule has 1 aliphatic rings. The number of nitrogens with zero attached hydrogens (tertiary/aromatic N) is 2. The predicted molar refractivity (Wildman–Crippen MR) is 91.6 cm³/mol. The van der Waals surface area contributed by atoms with E-state index in [2.05, 4.69) is 17.0 Å². The largest absolute Gasteiger partial charge is 0.482 e. The second-order valence-corrected chi connectivity index (χ2v) is 5.53. The fraction of sp³-hybridized carbons (Fsp3) is 0.278. The van der Waals surface area contributed by atoms with Crippen LogP contribution in [0.25, 0.3) is 0 Å². The van der Waals surface area contributed by atoms with Crippen LogP contribution in [0.5, 0.6) is 5.75 Å². The van der Waals surface area contributed by atoms with E-state index < -0.39 is 0 Å². The van der Waals surface area contributed by atoms with Crippen molar-refractivity contribution in [3.63, 3.8) is 0 Å². The molecule has 0 radical (unpaired) electrons. The van der Waals surface area contributed by atoms with Gasteiger partial charge in [-0.2, -0.15) is 0 Å². The zero-order chi connectivity index (χ0) is 16.1. The van der Waals surface area contributed by atoms with Crippen molar-refractivity contribution in [1.29, 1.82) is 0 Å². The zero-order valence-corrected chi connectivity index (χ0v) is 13.0. The molecule has 1 fully saturated rings. The average Bonchev–Trinajstić information content (AvgIpc) is 2.62. The van der Waals surface area contributed by atoms with E-state index in [1.54, 1.807) is 12.1 Å². The normalized spacial score (nSPS) is 14.6. The van der Waals surface area contributed by atoms with Crippen LogP contribution in [0.2, 0.25) is 0 Å². The number of nitrogen functional groups attached to an aromatic ring is 1. The number of ether oxygens (including phenoxy) is 1. The summed E-state index contributed by atoms with van der Waals surface area (Å²) in [5.41, 5.74) is 7.56. The number of anilines is 2. The van der Waals surface area contributed by atoms with Crippen molar-refractivity contribution in [2.24, 2.45) is 0 Å². The number of carbonyl (C=O) groups is 1. The first-order chi connectivity index (χ1) is 11.2. The van der Waals surface area contributed by atoms with Crippen molar-refractivity contribution >= 4 is 17.3 Å². The molecule has 2 N–H and O–H groups in total. The summed E-state index contributed by atoms with van der Waals surface area (Å²) >= 11 is 0. The van der Waals surface area contributed by atoms with Gasteiger partial charge in [0.25, 0.3) is 5.91 Å². The van der Waals surface area contributed by atoms with Crippen molar-refractivity contribution in [3.05, 3.63) is 54.6 Å². The SMILES string of the molecule is Nc1ccccc1OCC(=O)N1CCN(c2ccccc2)CC1. The first-order valence-corrected chi connectivity index (χ1v) is 7.79. The van der Waals surface area contributed by atoms with Crippen molar-refractivity contribution < 1.29 is 9.53 Å². The summed E-state index contributed by atoms with van der Waals surface area (Å²) in [7, 11) is 0. The Morgan fingerprint density at radius 1 is 0.957 bits per heavy atom.